The van der Waals surface area contributed by atoms with Crippen LogP contribution in [0.1, 0.15) is 57.6 Å². The molecule has 5 atom stereocenters. The fourth-order valence-electron chi connectivity index (χ4n) is 4.49. The summed E-state index contributed by atoms with van der Waals surface area (Å²) < 4.78 is 0. The number of rotatable bonds is 5. The van der Waals surface area contributed by atoms with Crippen LogP contribution >= 0.6 is 11.6 Å². The molecule has 1 aromatic rings. The Balaban J connectivity index is 1.64. The number of nitrogens with one attached hydrogen (secondary N) is 1. The zero-order valence-corrected chi connectivity index (χ0v) is 13.4. The van der Waals surface area contributed by atoms with Gasteiger partial charge in [-0.2, -0.15) is 0 Å². The predicted octanol–water partition coefficient (Wildman–Crippen LogP) is 5.21. The monoisotopic (exact) mass is 291 g/mol. The SMILES string of the molecule is CCC(NC(C)C1CC2CCC1C2)c1ccc(Cl)cc1. The van der Waals surface area contributed by atoms with Crippen molar-refractivity contribution in [2.45, 2.75) is 58.0 Å². The van der Waals surface area contributed by atoms with Crippen molar-refractivity contribution in [3.05, 3.63) is 34.9 Å². The van der Waals surface area contributed by atoms with Gasteiger partial charge < -0.3 is 5.32 Å². The molecule has 0 aliphatic heterocycles. The van der Waals surface area contributed by atoms with Crippen LogP contribution < -0.4 is 5.32 Å². The highest BCUT2D eigenvalue weighted by atomic mass is 35.5. The summed E-state index contributed by atoms with van der Waals surface area (Å²) in [4.78, 5) is 0. The van der Waals surface area contributed by atoms with Crippen LogP contribution in [-0.4, -0.2) is 6.04 Å². The second kappa shape index (κ2) is 6.07. The summed E-state index contributed by atoms with van der Waals surface area (Å²) in [5, 5.41) is 4.71. The van der Waals surface area contributed by atoms with Crippen molar-refractivity contribution >= 4 is 11.6 Å². The van der Waals surface area contributed by atoms with Gasteiger partial charge in [0, 0.05) is 17.1 Å². The Morgan fingerprint density at radius 3 is 2.50 bits per heavy atom. The first kappa shape index (κ1) is 14.4. The number of hydrogen-bond acceptors (Lipinski definition) is 1. The highest BCUT2D eigenvalue weighted by molar-refractivity contribution is 6.30. The minimum Gasteiger partial charge on any atom is -0.307 e. The molecule has 5 unspecified atom stereocenters. The molecule has 2 bridgehead atoms. The van der Waals surface area contributed by atoms with E-state index in [4.69, 9.17) is 11.6 Å². The summed E-state index contributed by atoms with van der Waals surface area (Å²) in [7, 11) is 0. The van der Waals surface area contributed by atoms with Crippen molar-refractivity contribution in [3.8, 4) is 0 Å². The Morgan fingerprint density at radius 2 is 1.95 bits per heavy atom. The molecule has 0 amide bonds. The molecule has 2 saturated carbocycles. The highest BCUT2D eigenvalue weighted by Crippen LogP contribution is 2.49. The van der Waals surface area contributed by atoms with E-state index in [1.54, 1.807) is 0 Å². The molecule has 0 heterocycles. The maximum atomic E-state index is 5.99. The molecule has 0 radical (unpaired) electrons. The van der Waals surface area contributed by atoms with Crippen LogP contribution in [0.5, 0.6) is 0 Å². The topological polar surface area (TPSA) is 12.0 Å². The summed E-state index contributed by atoms with van der Waals surface area (Å²) >= 11 is 5.99. The Morgan fingerprint density at radius 1 is 1.20 bits per heavy atom. The molecule has 110 valence electrons. The Kier molecular flexibility index (Phi) is 4.37. The van der Waals surface area contributed by atoms with Gasteiger partial charge in [-0.15, -0.1) is 0 Å². The largest absolute Gasteiger partial charge is 0.307 e. The van der Waals surface area contributed by atoms with Crippen molar-refractivity contribution in [2.75, 3.05) is 0 Å². The standard InChI is InChI=1S/C18H26ClN/c1-3-18(14-6-8-16(19)9-7-14)20-12(2)17-11-13-4-5-15(17)10-13/h6-9,12-13,15,17-18,20H,3-5,10-11H2,1-2H3. The maximum Gasteiger partial charge on any atom is 0.0406 e. The molecule has 1 N–H and O–H groups in total. The van der Waals surface area contributed by atoms with Gasteiger partial charge >= 0.3 is 0 Å². The normalized spacial score (nSPS) is 31.4. The van der Waals surface area contributed by atoms with E-state index in [0.29, 0.717) is 12.1 Å². The van der Waals surface area contributed by atoms with E-state index in [1.807, 2.05) is 12.1 Å². The molecule has 2 aliphatic carbocycles. The Labute approximate surface area is 128 Å². The lowest BCUT2D eigenvalue weighted by molar-refractivity contribution is 0.243. The quantitative estimate of drug-likeness (QED) is 0.786. The molecular formula is C18H26ClN. The fourth-order valence-corrected chi connectivity index (χ4v) is 4.62. The van der Waals surface area contributed by atoms with Crippen LogP contribution in [0.25, 0.3) is 0 Å². The van der Waals surface area contributed by atoms with Crippen molar-refractivity contribution < 1.29 is 0 Å². The number of halogens is 1. The van der Waals surface area contributed by atoms with Gasteiger partial charge in [-0.3, -0.25) is 0 Å². The molecule has 1 aromatic carbocycles. The summed E-state index contributed by atoms with van der Waals surface area (Å²) in [6, 6.07) is 9.42. The minimum absolute atomic E-state index is 0.460. The molecule has 0 spiro atoms. The smallest absolute Gasteiger partial charge is 0.0406 e. The predicted molar refractivity (Wildman–Crippen MR) is 86.0 cm³/mol. The third-order valence-corrected chi connectivity index (χ3v) is 5.83. The maximum absolute atomic E-state index is 5.99. The zero-order valence-electron chi connectivity index (χ0n) is 12.6. The third kappa shape index (κ3) is 2.89. The van der Waals surface area contributed by atoms with Crippen LogP contribution in [0.15, 0.2) is 24.3 Å². The second-order valence-electron chi connectivity index (χ2n) is 6.81. The molecule has 0 aromatic heterocycles. The van der Waals surface area contributed by atoms with E-state index in [1.165, 1.54) is 31.2 Å². The number of fused-ring (bicyclic) bond motifs is 2. The number of benzene rings is 1. The summed E-state index contributed by atoms with van der Waals surface area (Å²) in [6.07, 6.45) is 7.04. The summed E-state index contributed by atoms with van der Waals surface area (Å²) in [6.45, 7) is 4.66. The molecule has 1 nitrogen and oxygen atoms in total. The molecule has 2 heteroatoms. The first-order valence-corrected chi connectivity index (χ1v) is 8.56. The molecular weight excluding hydrogens is 266 g/mol. The second-order valence-corrected chi connectivity index (χ2v) is 7.24. The van der Waals surface area contributed by atoms with Gasteiger partial charge in [0.1, 0.15) is 0 Å². The molecule has 3 rings (SSSR count). The van der Waals surface area contributed by atoms with Crippen molar-refractivity contribution in [1.29, 1.82) is 0 Å². The molecule has 0 saturated heterocycles. The molecule has 2 fully saturated rings. The zero-order chi connectivity index (χ0) is 14.1. The average Bonchev–Trinajstić information content (AvgIpc) is 3.08. The Bertz CT molecular complexity index is 441. The lowest BCUT2D eigenvalue weighted by Gasteiger charge is -2.32. The van der Waals surface area contributed by atoms with Gasteiger partial charge in [-0.25, -0.2) is 0 Å². The van der Waals surface area contributed by atoms with Crippen LogP contribution in [-0.2, 0) is 0 Å². The van der Waals surface area contributed by atoms with Gasteiger partial charge in [0.05, 0.1) is 0 Å². The Hall–Kier alpha value is -0.530. The van der Waals surface area contributed by atoms with Gasteiger partial charge in [-0.1, -0.05) is 37.1 Å². The third-order valence-electron chi connectivity index (χ3n) is 5.58. The first-order valence-electron chi connectivity index (χ1n) is 8.19. The minimum atomic E-state index is 0.460. The van der Waals surface area contributed by atoms with Gasteiger partial charge in [0.2, 0.25) is 0 Å². The van der Waals surface area contributed by atoms with Gasteiger partial charge in [0.25, 0.3) is 0 Å². The van der Waals surface area contributed by atoms with E-state index in [-0.39, 0.29) is 0 Å². The molecule has 2 aliphatic rings. The number of hydrogen-bond donors (Lipinski definition) is 1. The van der Waals surface area contributed by atoms with Gasteiger partial charge in [-0.05, 0) is 68.1 Å². The van der Waals surface area contributed by atoms with Gasteiger partial charge in [0.15, 0.2) is 0 Å². The van der Waals surface area contributed by atoms with E-state index in [2.05, 4.69) is 31.3 Å². The van der Waals surface area contributed by atoms with Crippen molar-refractivity contribution in [3.63, 3.8) is 0 Å². The molecule has 20 heavy (non-hydrogen) atoms. The van der Waals surface area contributed by atoms with E-state index < -0.39 is 0 Å². The highest BCUT2D eigenvalue weighted by Gasteiger charge is 2.41. The average molecular weight is 292 g/mol. The van der Waals surface area contributed by atoms with Crippen molar-refractivity contribution in [1.82, 2.24) is 5.32 Å². The first-order chi connectivity index (χ1) is 9.67. The van der Waals surface area contributed by atoms with E-state index >= 15 is 0 Å². The summed E-state index contributed by atoms with van der Waals surface area (Å²) in [5.41, 5.74) is 1.37. The van der Waals surface area contributed by atoms with Crippen LogP contribution in [0, 0.1) is 17.8 Å². The van der Waals surface area contributed by atoms with E-state index in [0.717, 1.165) is 29.2 Å². The van der Waals surface area contributed by atoms with Crippen LogP contribution in [0.2, 0.25) is 5.02 Å². The fraction of sp³-hybridized carbons (Fsp3) is 0.667. The summed E-state index contributed by atoms with van der Waals surface area (Å²) in [5.74, 6) is 2.92. The van der Waals surface area contributed by atoms with E-state index in [9.17, 15) is 0 Å². The lowest BCUT2D eigenvalue weighted by atomic mass is 9.83. The van der Waals surface area contributed by atoms with Crippen LogP contribution in [0.3, 0.4) is 0 Å². The van der Waals surface area contributed by atoms with Crippen molar-refractivity contribution in [2.24, 2.45) is 17.8 Å². The van der Waals surface area contributed by atoms with Crippen LogP contribution in [0.4, 0.5) is 0 Å². The lowest BCUT2D eigenvalue weighted by Crippen LogP contribution is -2.38.